The summed E-state index contributed by atoms with van der Waals surface area (Å²) in [5, 5.41) is 7.26. The Labute approximate surface area is 128 Å². The van der Waals surface area contributed by atoms with E-state index in [0.29, 0.717) is 30.6 Å². The average molecular weight is 304 g/mol. The highest BCUT2D eigenvalue weighted by atomic mass is 16.5. The fourth-order valence-electron chi connectivity index (χ4n) is 2.63. The first kappa shape index (κ1) is 14.8. The molecule has 0 bridgehead atoms. The summed E-state index contributed by atoms with van der Waals surface area (Å²) in [6.45, 7) is 5.74. The van der Waals surface area contributed by atoms with Crippen LogP contribution in [0.5, 0.6) is 0 Å². The van der Waals surface area contributed by atoms with Crippen LogP contribution in [0.1, 0.15) is 26.2 Å². The number of furan rings is 1. The Morgan fingerprint density at radius 3 is 3.14 bits per heavy atom. The van der Waals surface area contributed by atoms with Crippen molar-refractivity contribution in [2.24, 2.45) is 0 Å². The molecule has 7 heteroatoms. The predicted molar refractivity (Wildman–Crippen MR) is 79.0 cm³/mol. The molecule has 118 valence electrons. The Hall–Kier alpha value is -2.15. The first-order valence-corrected chi connectivity index (χ1v) is 7.53. The number of hydrogen-bond donors (Lipinski definition) is 1. The van der Waals surface area contributed by atoms with Crippen LogP contribution in [-0.2, 0) is 11.2 Å². The number of amides is 1. The maximum atomic E-state index is 12.4. The third-order valence-corrected chi connectivity index (χ3v) is 4.15. The number of hydrogen-bond acceptors (Lipinski definition) is 6. The van der Waals surface area contributed by atoms with E-state index < -0.39 is 0 Å². The number of nitrogens with zero attached hydrogens (tertiary/aromatic N) is 3. The fourth-order valence-corrected chi connectivity index (χ4v) is 2.63. The summed E-state index contributed by atoms with van der Waals surface area (Å²) in [6.07, 6.45) is 3.95. The molecule has 22 heavy (non-hydrogen) atoms. The maximum Gasteiger partial charge on any atom is 0.227 e. The van der Waals surface area contributed by atoms with E-state index in [1.165, 1.54) is 0 Å². The molecule has 1 saturated heterocycles. The monoisotopic (exact) mass is 304 g/mol. The predicted octanol–water partition coefficient (Wildman–Crippen LogP) is 1.47. The Balaban J connectivity index is 1.57. The van der Waals surface area contributed by atoms with Crippen LogP contribution in [0.2, 0.25) is 0 Å². The zero-order valence-corrected chi connectivity index (χ0v) is 12.8. The summed E-state index contributed by atoms with van der Waals surface area (Å²) in [7, 11) is 0. The van der Waals surface area contributed by atoms with Crippen molar-refractivity contribution in [3.63, 3.8) is 0 Å². The summed E-state index contributed by atoms with van der Waals surface area (Å²) < 4.78 is 10.2. The van der Waals surface area contributed by atoms with Crippen LogP contribution >= 0.6 is 0 Å². The highest BCUT2D eigenvalue weighted by Crippen LogP contribution is 2.17. The summed E-state index contributed by atoms with van der Waals surface area (Å²) in [5.41, 5.74) is 0.769. The van der Waals surface area contributed by atoms with Crippen molar-refractivity contribution in [1.29, 1.82) is 0 Å². The van der Waals surface area contributed by atoms with Gasteiger partial charge < -0.3 is 19.2 Å². The van der Waals surface area contributed by atoms with Gasteiger partial charge in [-0.3, -0.25) is 4.79 Å². The maximum absolute atomic E-state index is 12.4. The molecule has 1 aliphatic heterocycles. The number of rotatable bonds is 4. The third-order valence-electron chi connectivity index (χ3n) is 4.15. The zero-order chi connectivity index (χ0) is 15.5. The summed E-state index contributed by atoms with van der Waals surface area (Å²) >= 11 is 0. The van der Waals surface area contributed by atoms with Gasteiger partial charge in [0.15, 0.2) is 0 Å². The molecule has 0 aliphatic carbocycles. The average Bonchev–Trinajstić information content (AvgIpc) is 3.18. The van der Waals surface area contributed by atoms with Crippen LogP contribution in [-0.4, -0.2) is 46.1 Å². The Morgan fingerprint density at radius 1 is 1.50 bits per heavy atom. The van der Waals surface area contributed by atoms with Gasteiger partial charge in [0.2, 0.25) is 17.6 Å². The number of carbonyl (C=O) groups is 1. The molecular formula is C15H20N4O3. The largest absolute Gasteiger partial charge is 0.472 e. The van der Waals surface area contributed by atoms with Crippen LogP contribution in [0.15, 0.2) is 27.5 Å². The second-order valence-electron chi connectivity index (χ2n) is 5.59. The molecule has 1 fully saturated rings. The standard InChI is InChI=1S/C15H20N4O3/c1-10-11(2)19(7-6-16-10)14(20)4-3-13-17-15(18-22-13)12-5-8-21-9-12/h5,8-11,16H,3-4,6-7H2,1-2H3. The van der Waals surface area contributed by atoms with Crippen molar-refractivity contribution < 1.29 is 13.7 Å². The third kappa shape index (κ3) is 3.04. The molecule has 2 atom stereocenters. The molecule has 7 nitrogen and oxygen atoms in total. The minimum Gasteiger partial charge on any atom is -0.472 e. The minimum absolute atomic E-state index is 0.129. The van der Waals surface area contributed by atoms with E-state index >= 15 is 0 Å². The van der Waals surface area contributed by atoms with E-state index in [1.54, 1.807) is 18.6 Å². The zero-order valence-electron chi connectivity index (χ0n) is 12.8. The van der Waals surface area contributed by atoms with Crippen molar-refractivity contribution in [3.8, 4) is 11.4 Å². The Bertz CT molecular complexity index is 623. The van der Waals surface area contributed by atoms with Crippen LogP contribution < -0.4 is 5.32 Å². The normalized spacial score (nSPS) is 22.0. The lowest BCUT2D eigenvalue weighted by Gasteiger charge is -2.38. The highest BCUT2D eigenvalue weighted by Gasteiger charge is 2.27. The fraction of sp³-hybridized carbons (Fsp3) is 0.533. The van der Waals surface area contributed by atoms with Gasteiger partial charge in [0.25, 0.3) is 0 Å². The number of aromatic nitrogens is 2. The van der Waals surface area contributed by atoms with Crippen molar-refractivity contribution >= 4 is 5.91 Å². The van der Waals surface area contributed by atoms with Crippen LogP contribution in [0.4, 0.5) is 0 Å². The molecule has 0 radical (unpaired) electrons. The molecule has 3 rings (SSSR count). The van der Waals surface area contributed by atoms with Gasteiger partial charge in [-0.15, -0.1) is 0 Å². The van der Waals surface area contributed by atoms with Crippen LogP contribution in [0.3, 0.4) is 0 Å². The summed E-state index contributed by atoms with van der Waals surface area (Å²) in [4.78, 5) is 18.6. The SMILES string of the molecule is CC1NCCN(C(=O)CCc2nc(-c3ccoc3)no2)C1C. The van der Waals surface area contributed by atoms with Gasteiger partial charge in [-0.05, 0) is 19.9 Å². The Kier molecular flexibility index (Phi) is 4.24. The van der Waals surface area contributed by atoms with E-state index in [9.17, 15) is 4.79 Å². The molecule has 1 aliphatic rings. The van der Waals surface area contributed by atoms with E-state index in [2.05, 4.69) is 29.3 Å². The van der Waals surface area contributed by atoms with Gasteiger partial charge in [-0.2, -0.15) is 4.98 Å². The number of piperazine rings is 1. The van der Waals surface area contributed by atoms with Gasteiger partial charge >= 0.3 is 0 Å². The topological polar surface area (TPSA) is 84.4 Å². The van der Waals surface area contributed by atoms with Gasteiger partial charge in [-0.1, -0.05) is 5.16 Å². The molecule has 0 saturated carbocycles. The van der Waals surface area contributed by atoms with Crippen molar-refractivity contribution in [1.82, 2.24) is 20.4 Å². The number of aryl methyl sites for hydroxylation is 1. The quantitative estimate of drug-likeness (QED) is 0.921. The van der Waals surface area contributed by atoms with E-state index in [-0.39, 0.29) is 11.9 Å². The number of nitrogens with one attached hydrogen (secondary N) is 1. The molecule has 2 unspecified atom stereocenters. The molecule has 2 aromatic heterocycles. The molecule has 0 spiro atoms. The summed E-state index contributed by atoms with van der Waals surface area (Å²) in [5.74, 6) is 1.09. The molecule has 0 aromatic carbocycles. The Morgan fingerprint density at radius 2 is 2.36 bits per heavy atom. The van der Waals surface area contributed by atoms with E-state index in [1.807, 2.05) is 4.90 Å². The molecule has 1 N–H and O–H groups in total. The van der Waals surface area contributed by atoms with E-state index in [4.69, 9.17) is 8.94 Å². The van der Waals surface area contributed by atoms with Crippen LogP contribution in [0.25, 0.3) is 11.4 Å². The lowest BCUT2D eigenvalue weighted by Crippen LogP contribution is -2.57. The first-order chi connectivity index (χ1) is 10.6. The highest BCUT2D eigenvalue weighted by molar-refractivity contribution is 5.76. The smallest absolute Gasteiger partial charge is 0.227 e. The lowest BCUT2D eigenvalue weighted by atomic mass is 10.1. The first-order valence-electron chi connectivity index (χ1n) is 7.53. The summed E-state index contributed by atoms with van der Waals surface area (Å²) in [6, 6.07) is 2.28. The van der Waals surface area contributed by atoms with Gasteiger partial charge in [0, 0.05) is 38.0 Å². The second kappa shape index (κ2) is 6.31. The van der Waals surface area contributed by atoms with Crippen molar-refractivity contribution in [2.45, 2.75) is 38.8 Å². The minimum atomic E-state index is 0.129. The molecular weight excluding hydrogens is 284 g/mol. The van der Waals surface area contributed by atoms with Crippen molar-refractivity contribution in [2.75, 3.05) is 13.1 Å². The van der Waals surface area contributed by atoms with Crippen LogP contribution in [0, 0.1) is 0 Å². The van der Waals surface area contributed by atoms with Gasteiger partial charge in [0.05, 0.1) is 11.8 Å². The number of carbonyl (C=O) groups excluding carboxylic acids is 1. The van der Waals surface area contributed by atoms with Gasteiger partial charge in [-0.25, -0.2) is 0 Å². The molecule has 2 aromatic rings. The van der Waals surface area contributed by atoms with Crippen molar-refractivity contribution in [3.05, 3.63) is 24.5 Å². The lowest BCUT2D eigenvalue weighted by molar-refractivity contribution is -0.134. The van der Waals surface area contributed by atoms with Gasteiger partial charge in [0.1, 0.15) is 6.26 Å². The molecule has 1 amide bonds. The van der Waals surface area contributed by atoms with E-state index in [0.717, 1.165) is 18.7 Å². The molecule has 3 heterocycles. The second-order valence-corrected chi connectivity index (χ2v) is 5.59.